The maximum absolute atomic E-state index is 12.2. The van der Waals surface area contributed by atoms with Crippen LogP contribution in [0.3, 0.4) is 0 Å². The molecule has 0 saturated heterocycles. The second-order valence-corrected chi connectivity index (χ2v) is 5.02. The Morgan fingerprint density at radius 1 is 1.28 bits per heavy atom. The lowest BCUT2D eigenvalue weighted by molar-refractivity contribution is -0.138. The van der Waals surface area contributed by atoms with Gasteiger partial charge in [-0.15, -0.1) is 11.3 Å². The van der Waals surface area contributed by atoms with Crippen LogP contribution >= 0.6 is 11.3 Å². The molecule has 7 heteroatoms. The summed E-state index contributed by atoms with van der Waals surface area (Å²) in [6.45, 7) is 1.75. The van der Waals surface area contributed by atoms with Gasteiger partial charge in [0.1, 0.15) is 5.41 Å². The highest BCUT2D eigenvalue weighted by Gasteiger charge is 2.37. The fourth-order valence-corrected chi connectivity index (χ4v) is 2.07. The number of alkyl halides is 3. The SMILES string of the molecule is Cc1nc(CC(C#N)(C#N)CCC(F)(F)F)cs1. The van der Waals surface area contributed by atoms with Gasteiger partial charge in [-0.3, -0.25) is 0 Å². The summed E-state index contributed by atoms with van der Waals surface area (Å²) in [4.78, 5) is 4.07. The van der Waals surface area contributed by atoms with E-state index in [1.807, 2.05) is 0 Å². The van der Waals surface area contributed by atoms with Crippen LogP contribution in [0, 0.1) is 35.0 Å². The highest BCUT2D eigenvalue weighted by molar-refractivity contribution is 7.09. The van der Waals surface area contributed by atoms with Crippen LogP contribution < -0.4 is 0 Å². The Balaban J connectivity index is 2.82. The summed E-state index contributed by atoms with van der Waals surface area (Å²) in [5.41, 5.74) is -1.17. The standard InChI is InChI=1S/C11H10F3N3S/c1-8-17-9(5-18-8)4-10(6-15,7-16)2-3-11(12,13)14/h5H,2-4H2,1H3. The third-order valence-electron chi connectivity index (χ3n) is 2.41. The fraction of sp³-hybridized carbons (Fsp3) is 0.545. The molecule has 0 amide bonds. The van der Waals surface area contributed by atoms with Gasteiger partial charge in [-0.1, -0.05) is 0 Å². The number of hydrogen-bond donors (Lipinski definition) is 0. The molecule has 18 heavy (non-hydrogen) atoms. The zero-order chi connectivity index (χ0) is 13.8. The van der Waals surface area contributed by atoms with Gasteiger partial charge in [-0.25, -0.2) is 4.98 Å². The van der Waals surface area contributed by atoms with Gasteiger partial charge in [0.25, 0.3) is 0 Å². The number of nitrogens with zero attached hydrogens (tertiary/aromatic N) is 3. The van der Waals surface area contributed by atoms with E-state index >= 15 is 0 Å². The van der Waals surface area contributed by atoms with Crippen LogP contribution in [0.25, 0.3) is 0 Å². The number of nitriles is 2. The molecule has 0 unspecified atom stereocenters. The van der Waals surface area contributed by atoms with Crippen molar-refractivity contribution in [2.24, 2.45) is 5.41 Å². The molecule has 96 valence electrons. The van der Waals surface area contributed by atoms with Crippen molar-refractivity contribution in [1.29, 1.82) is 10.5 Å². The van der Waals surface area contributed by atoms with E-state index in [-0.39, 0.29) is 6.42 Å². The highest BCUT2D eigenvalue weighted by Crippen LogP contribution is 2.33. The number of aryl methyl sites for hydroxylation is 1. The summed E-state index contributed by atoms with van der Waals surface area (Å²) in [7, 11) is 0. The molecule has 1 heterocycles. The molecule has 1 aromatic heterocycles. The van der Waals surface area contributed by atoms with E-state index in [0.29, 0.717) is 5.69 Å². The van der Waals surface area contributed by atoms with E-state index < -0.39 is 24.4 Å². The Bertz CT molecular complexity index is 479. The maximum Gasteiger partial charge on any atom is 0.389 e. The van der Waals surface area contributed by atoms with E-state index in [1.165, 1.54) is 11.3 Å². The summed E-state index contributed by atoms with van der Waals surface area (Å²) in [6.07, 6.45) is -6.10. The van der Waals surface area contributed by atoms with Gasteiger partial charge in [-0.2, -0.15) is 23.7 Å². The zero-order valence-corrected chi connectivity index (χ0v) is 10.4. The first-order valence-corrected chi connectivity index (χ1v) is 5.98. The summed E-state index contributed by atoms with van der Waals surface area (Å²) in [5, 5.41) is 20.4. The molecule has 0 spiro atoms. The molecule has 3 nitrogen and oxygen atoms in total. The molecule has 0 atom stereocenters. The topological polar surface area (TPSA) is 60.5 Å². The second-order valence-electron chi connectivity index (χ2n) is 3.96. The Morgan fingerprint density at radius 3 is 2.28 bits per heavy atom. The van der Waals surface area contributed by atoms with Crippen molar-refractivity contribution < 1.29 is 13.2 Å². The van der Waals surface area contributed by atoms with E-state index in [4.69, 9.17) is 10.5 Å². The largest absolute Gasteiger partial charge is 0.389 e. The normalized spacial score (nSPS) is 11.9. The van der Waals surface area contributed by atoms with E-state index in [9.17, 15) is 13.2 Å². The summed E-state index contributed by atoms with van der Waals surface area (Å²) in [5.74, 6) is 0. The number of halogens is 3. The minimum Gasteiger partial charge on any atom is -0.247 e. The smallest absolute Gasteiger partial charge is 0.247 e. The van der Waals surface area contributed by atoms with Crippen molar-refractivity contribution in [2.45, 2.75) is 32.4 Å². The third-order valence-corrected chi connectivity index (χ3v) is 3.24. The van der Waals surface area contributed by atoms with E-state index in [2.05, 4.69) is 4.98 Å². The highest BCUT2D eigenvalue weighted by atomic mass is 32.1. The van der Waals surface area contributed by atoms with Crippen LogP contribution in [0.15, 0.2) is 5.38 Å². The molecule has 0 radical (unpaired) electrons. The van der Waals surface area contributed by atoms with E-state index in [1.54, 1.807) is 24.4 Å². The molecular formula is C11H10F3N3S. The predicted molar refractivity (Wildman–Crippen MR) is 59.5 cm³/mol. The number of aromatic nitrogens is 1. The lowest BCUT2D eigenvalue weighted by atomic mass is 9.82. The Hall–Kier alpha value is -1.60. The van der Waals surface area contributed by atoms with Crippen LogP contribution in [0.4, 0.5) is 13.2 Å². The molecular weight excluding hydrogens is 263 g/mol. The van der Waals surface area contributed by atoms with Crippen molar-refractivity contribution in [3.05, 3.63) is 16.1 Å². The van der Waals surface area contributed by atoms with Crippen LogP contribution in [-0.4, -0.2) is 11.2 Å². The van der Waals surface area contributed by atoms with Crippen molar-refractivity contribution in [1.82, 2.24) is 4.98 Å². The van der Waals surface area contributed by atoms with Gasteiger partial charge in [-0.05, 0) is 13.3 Å². The lowest BCUT2D eigenvalue weighted by Gasteiger charge is -2.18. The monoisotopic (exact) mass is 273 g/mol. The van der Waals surface area contributed by atoms with Gasteiger partial charge < -0.3 is 0 Å². The average Bonchev–Trinajstić information content (AvgIpc) is 2.69. The Kier molecular flexibility index (Phi) is 4.31. The Morgan fingerprint density at radius 2 is 1.89 bits per heavy atom. The first-order valence-electron chi connectivity index (χ1n) is 5.10. The van der Waals surface area contributed by atoms with Gasteiger partial charge >= 0.3 is 6.18 Å². The van der Waals surface area contributed by atoms with Crippen molar-refractivity contribution in [3.63, 3.8) is 0 Å². The molecule has 0 saturated carbocycles. The molecule has 0 bridgehead atoms. The first kappa shape index (κ1) is 14.5. The van der Waals surface area contributed by atoms with Gasteiger partial charge in [0.2, 0.25) is 0 Å². The number of thiazole rings is 1. The molecule has 0 fully saturated rings. The summed E-state index contributed by atoms with van der Waals surface area (Å²) in [6, 6.07) is 3.40. The van der Waals surface area contributed by atoms with Gasteiger partial charge in [0, 0.05) is 18.2 Å². The predicted octanol–water partition coefficient (Wildman–Crippen LogP) is 3.37. The maximum atomic E-state index is 12.2. The van der Waals surface area contributed by atoms with E-state index in [0.717, 1.165) is 5.01 Å². The molecule has 0 aliphatic carbocycles. The number of rotatable bonds is 4. The number of hydrogen-bond acceptors (Lipinski definition) is 4. The molecule has 0 aliphatic rings. The quantitative estimate of drug-likeness (QED) is 0.845. The second kappa shape index (κ2) is 5.36. The van der Waals surface area contributed by atoms with Crippen molar-refractivity contribution in [2.75, 3.05) is 0 Å². The fourth-order valence-electron chi connectivity index (χ4n) is 1.46. The van der Waals surface area contributed by atoms with Crippen LogP contribution in [-0.2, 0) is 6.42 Å². The van der Waals surface area contributed by atoms with Crippen molar-refractivity contribution >= 4 is 11.3 Å². The van der Waals surface area contributed by atoms with Gasteiger partial charge in [0.15, 0.2) is 0 Å². The molecule has 1 rings (SSSR count). The minimum absolute atomic E-state index is 0.0690. The molecule has 0 N–H and O–H groups in total. The molecule has 0 aliphatic heterocycles. The van der Waals surface area contributed by atoms with Crippen LogP contribution in [0.2, 0.25) is 0 Å². The average molecular weight is 273 g/mol. The summed E-state index contributed by atoms with van der Waals surface area (Å²) >= 11 is 1.34. The van der Waals surface area contributed by atoms with Crippen molar-refractivity contribution in [3.8, 4) is 12.1 Å². The summed E-state index contributed by atoms with van der Waals surface area (Å²) < 4.78 is 36.5. The Labute approximate surface area is 106 Å². The first-order chi connectivity index (χ1) is 8.30. The lowest BCUT2D eigenvalue weighted by Crippen LogP contribution is -2.23. The molecule has 1 aromatic rings. The third kappa shape index (κ3) is 4.01. The van der Waals surface area contributed by atoms with Crippen LogP contribution in [0.5, 0.6) is 0 Å². The van der Waals surface area contributed by atoms with Crippen LogP contribution in [0.1, 0.15) is 23.5 Å². The van der Waals surface area contributed by atoms with Gasteiger partial charge in [0.05, 0.1) is 22.8 Å². The molecule has 0 aromatic carbocycles. The zero-order valence-electron chi connectivity index (χ0n) is 9.58. The minimum atomic E-state index is -4.36.